The molecule has 126 valence electrons. The summed E-state index contributed by atoms with van der Waals surface area (Å²) in [5.41, 5.74) is 4.40. The van der Waals surface area contributed by atoms with E-state index < -0.39 is 0 Å². The van der Waals surface area contributed by atoms with Crippen LogP contribution in [-0.2, 0) is 4.74 Å². The Balaban J connectivity index is 1.92. The van der Waals surface area contributed by atoms with Crippen molar-refractivity contribution >= 4 is 22.4 Å². The lowest BCUT2D eigenvalue weighted by atomic mass is 9.99. The molecule has 4 nitrogen and oxygen atoms in total. The van der Waals surface area contributed by atoms with Crippen molar-refractivity contribution in [2.45, 2.75) is 6.92 Å². The van der Waals surface area contributed by atoms with Gasteiger partial charge in [-0.05, 0) is 19.1 Å². The minimum Gasteiger partial charge on any atom is -0.378 e. The molecule has 0 spiro atoms. The number of hydrogen-bond acceptors (Lipinski definition) is 4. The molecule has 0 saturated carbocycles. The van der Waals surface area contributed by atoms with Gasteiger partial charge >= 0.3 is 0 Å². The average molecular weight is 332 g/mol. The first-order valence-electron chi connectivity index (χ1n) is 8.56. The van der Waals surface area contributed by atoms with Crippen molar-refractivity contribution in [2.24, 2.45) is 0 Å². The van der Waals surface area contributed by atoms with E-state index in [4.69, 9.17) is 4.74 Å². The summed E-state index contributed by atoms with van der Waals surface area (Å²) in [4.78, 5) is 19.9. The van der Waals surface area contributed by atoms with Crippen LogP contribution < -0.4 is 4.90 Å². The summed E-state index contributed by atoms with van der Waals surface area (Å²) in [6, 6.07) is 15.6. The number of aryl methyl sites for hydroxylation is 1. The van der Waals surface area contributed by atoms with Crippen LogP contribution in [0, 0.1) is 6.92 Å². The van der Waals surface area contributed by atoms with Crippen LogP contribution in [0.2, 0.25) is 0 Å². The number of ketones is 1. The van der Waals surface area contributed by atoms with Crippen LogP contribution >= 0.6 is 0 Å². The minimum absolute atomic E-state index is 0.0120. The Labute approximate surface area is 147 Å². The number of carbonyl (C=O) groups is 1. The van der Waals surface area contributed by atoms with E-state index >= 15 is 0 Å². The predicted molar refractivity (Wildman–Crippen MR) is 99.4 cm³/mol. The second kappa shape index (κ2) is 6.65. The Morgan fingerprint density at radius 3 is 2.60 bits per heavy atom. The zero-order valence-electron chi connectivity index (χ0n) is 14.2. The van der Waals surface area contributed by atoms with Gasteiger partial charge in [-0.15, -0.1) is 0 Å². The Morgan fingerprint density at radius 2 is 1.84 bits per heavy atom. The van der Waals surface area contributed by atoms with Crippen molar-refractivity contribution in [3.05, 3.63) is 71.4 Å². The van der Waals surface area contributed by atoms with E-state index in [0.29, 0.717) is 24.3 Å². The first kappa shape index (κ1) is 15.8. The SMILES string of the molecule is Cc1ccc2ncc(C(=O)c3ccccc3)c(N3CCOCC3)c2c1. The van der Waals surface area contributed by atoms with Crippen LogP contribution in [0.3, 0.4) is 0 Å². The third-order valence-corrected chi connectivity index (χ3v) is 4.60. The highest BCUT2D eigenvalue weighted by molar-refractivity contribution is 6.16. The van der Waals surface area contributed by atoms with Gasteiger partial charge in [0.05, 0.1) is 30.0 Å². The van der Waals surface area contributed by atoms with E-state index in [1.165, 1.54) is 0 Å². The zero-order chi connectivity index (χ0) is 17.2. The van der Waals surface area contributed by atoms with Crippen molar-refractivity contribution in [3.8, 4) is 0 Å². The summed E-state index contributed by atoms with van der Waals surface area (Å²) in [5, 5.41) is 1.03. The normalized spacial score (nSPS) is 14.7. The van der Waals surface area contributed by atoms with Gasteiger partial charge in [0.2, 0.25) is 0 Å². The van der Waals surface area contributed by atoms with Crippen LogP contribution in [0.1, 0.15) is 21.5 Å². The molecule has 4 rings (SSSR count). The lowest BCUT2D eigenvalue weighted by Crippen LogP contribution is -2.37. The third-order valence-electron chi connectivity index (χ3n) is 4.60. The Hall–Kier alpha value is -2.72. The van der Waals surface area contributed by atoms with Crippen molar-refractivity contribution < 1.29 is 9.53 Å². The standard InChI is InChI=1S/C21H20N2O2/c1-15-7-8-19-17(13-15)20(23-9-11-25-12-10-23)18(14-22-19)21(24)16-5-3-2-4-6-16/h2-8,13-14H,9-12H2,1H3. The van der Waals surface area contributed by atoms with E-state index in [2.05, 4.69) is 28.9 Å². The second-order valence-corrected chi connectivity index (χ2v) is 6.34. The van der Waals surface area contributed by atoms with Crippen LogP contribution in [-0.4, -0.2) is 37.1 Å². The van der Waals surface area contributed by atoms with Gasteiger partial charge in [0.25, 0.3) is 0 Å². The molecule has 2 aromatic carbocycles. The highest BCUT2D eigenvalue weighted by Gasteiger charge is 2.23. The Bertz CT molecular complexity index is 916. The van der Waals surface area contributed by atoms with E-state index in [1.54, 1.807) is 6.20 Å². The summed E-state index contributed by atoms with van der Waals surface area (Å²) in [7, 11) is 0. The number of aromatic nitrogens is 1. The van der Waals surface area contributed by atoms with Gasteiger partial charge in [-0.25, -0.2) is 0 Å². The zero-order valence-corrected chi connectivity index (χ0v) is 14.2. The largest absolute Gasteiger partial charge is 0.378 e. The van der Waals surface area contributed by atoms with Gasteiger partial charge in [0.1, 0.15) is 0 Å². The highest BCUT2D eigenvalue weighted by atomic mass is 16.5. The molecule has 4 heteroatoms. The Kier molecular flexibility index (Phi) is 4.20. The molecular formula is C21H20N2O2. The molecule has 0 bridgehead atoms. The van der Waals surface area contributed by atoms with Crippen molar-refractivity contribution in [1.29, 1.82) is 0 Å². The van der Waals surface area contributed by atoms with Gasteiger partial charge in [-0.3, -0.25) is 9.78 Å². The molecule has 0 unspecified atom stereocenters. The molecule has 3 aromatic rings. The lowest BCUT2D eigenvalue weighted by molar-refractivity contribution is 0.103. The van der Waals surface area contributed by atoms with Crippen molar-refractivity contribution in [3.63, 3.8) is 0 Å². The molecule has 1 aromatic heterocycles. The molecular weight excluding hydrogens is 312 g/mol. The molecule has 2 heterocycles. The fraction of sp³-hybridized carbons (Fsp3) is 0.238. The van der Waals surface area contributed by atoms with Gasteiger partial charge in [0.15, 0.2) is 5.78 Å². The molecule has 1 fully saturated rings. The first-order valence-corrected chi connectivity index (χ1v) is 8.56. The van der Waals surface area contributed by atoms with Gasteiger partial charge in [-0.1, -0.05) is 42.0 Å². The fourth-order valence-corrected chi connectivity index (χ4v) is 3.33. The molecule has 1 aliphatic rings. The summed E-state index contributed by atoms with van der Waals surface area (Å²) >= 11 is 0. The van der Waals surface area contributed by atoms with Gasteiger partial charge in [0, 0.05) is 30.2 Å². The third kappa shape index (κ3) is 3.01. The molecule has 0 atom stereocenters. The molecule has 1 saturated heterocycles. The minimum atomic E-state index is 0.0120. The number of anilines is 1. The van der Waals surface area contributed by atoms with Crippen LogP contribution in [0.4, 0.5) is 5.69 Å². The summed E-state index contributed by atoms with van der Waals surface area (Å²) in [6.07, 6.45) is 1.72. The molecule has 0 N–H and O–H groups in total. The number of nitrogens with zero attached hydrogens (tertiary/aromatic N) is 2. The van der Waals surface area contributed by atoms with Gasteiger partial charge in [-0.2, -0.15) is 0 Å². The summed E-state index contributed by atoms with van der Waals surface area (Å²) in [6.45, 7) is 4.97. The van der Waals surface area contributed by atoms with E-state index in [1.807, 2.05) is 36.4 Å². The maximum Gasteiger partial charge on any atom is 0.196 e. The van der Waals surface area contributed by atoms with Crippen molar-refractivity contribution in [2.75, 3.05) is 31.2 Å². The summed E-state index contributed by atoms with van der Waals surface area (Å²) in [5.74, 6) is 0.0120. The lowest BCUT2D eigenvalue weighted by Gasteiger charge is -2.31. The molecule has 0 aliphatic carbocycles. The number of fused-ring (bicyclic) bond motifs is 1. The number of carbonyl (C=O) groups excluding carboxylic acids is 1. The number of rotatable bonds is 3. The number of ether oxygens (including phenoxy) is 1. The van der Waals surface area contributed by atoms with Crippen LogP contribution in [0.25, 0.3) is 10.9 Å². The molecule has 25 heavy (non-hydrogen) atoms. The predicted octanol–water partition coefficient (Wildman–Crippen LogP) is 3.61. The van der Waals surface area contributed by atoms with Gasteiger partial charge < -0.3 is 9.64 Å². The van der Waals surface area contributed by atoms with Crippen molar-refractivity contribution in [1.82, 2.24) is 4.98 Å². The van der Waals surface area contributed by atoms with E-state index in [0.717, 1.165) is 35.2 Å². The topological polar surface area (TPSA) is 42.4 Å². The fourth-order valence-electron chi connectivity index (χ4n) is 3.33. The van der Waals surface area contributed by atoms with Crippen LogP contribution in [0.5, 0.6) is 0 Å². The van der Waals surface area contributed by atoms with Crippen LogP contribution in [0.15, 0.2) is 54.7 Å². The molecule has 0 amide bonds. The molecule has 1 aliphatic heterocycles. The second-order valence-electron chi connectivity index (χ2n) is 6.34. The Morgan fingerprint density at radius 1 is 1.08 bits per heavy atom. The maximum absolute atomic E-state index is 13.1. The number of pyridine rings is 1. The number of hydrogen-bond donors (Lipinski definition) is 0. The van der Waals surface area contributed by atoms with E-state index in [9.17, 15) is 4.79 Å². The number of morpholine rings is 1. The van der Waals surface area contributed by atoms with E-state index in [-0.39, 0.29) is 5.78 Å². The summed E-state index contributed by atoms with van der Waals surface area (Å²) < 4.78 is 5.50. The average Bonchev–Trinajstić information content (AvgIpc) is 2.68. The molecule has 0 radical (unpaired) electrons. The smallest absolute Gasteiger partial charge is 0.196 e. The maximum atomic E-state index is 13.1. The quantitative estimate of drug-likeness (QED) is 0.687. The number of benzene rings is 2. The highest BCUT2D eigenvalue weighted by Crippen LogP contribution is 2.32. The first-order chi connectivity index (χ1) is 12.2. The monoisotopic (exact) mass is 332 g/mol.